The van der Waals surface area contributed by atoms with Crippen molar-refractivity contribution >= 4 is 17.5 Å². The molecule has 0 saturated carbocycles. The molecule has 0 atom stereocenters. The van der Waals surface area contributed by atoms with Crippen LogP contribution in [0.2, 0.25) is 5.02 Å². The Morgan fingerprint density at radius 2 is 2.35 bits per heavy atom. The Morgan fingerprint density at radius 3 is 3.10 bits per heavy atom. The number of hydrogen-bond acceptors (Lipinski definition) is 4. The molecule has 1 N–H and O–H groups in total. The maximum Gasteiger partial charge on any atom is 0.269 e. The second-order valence-electron chi connectivity index (χ2n) is 4.10. The van der Waals surface area contributed by atoms with Crippen molar-refractivity contribution in [3.8, 4) is 0 Å². The van der Waals surface area contributed by atoms with Crippen LogP contribution in [0.4, 0.5) is 0 Å². The minimum Gasteiger partial charge on any atom is -0.467 e. The number of nitrogens with zero attached hydrogens (tertiary/aromatic N) is 1. The van der Waals surface area contributed by atoms with Gasteiger partial charge in [0.1, 0.15) is 18.1 Å². The van der Waals surface area contributed by atoms with Crippen molar-refractivity contribution in [1.29, 1.82) is 0 Å². The predicted octanol–water partition coefficient (Wildman–Crippen LogP) is 2.66. The van der Waals surface area contributed by atoms with Crippen molar-refractivity contribution in [1.82, 2.24) is 10.3 Å². The lowest BCUT2D eigenvalue weighted by molar-refractivity contribution is 0.0913. The molecule has 20 heavy (non-hydrogen) atoms. The normalized spacial score (nSPS) is 10.4. The minimum atomic E-state index is -0.237. The molecule has 0 saturated heterocycles. The van der Waals surface area contributed by atoms with E-state index in [4.69, 9.17) is 20.8 Å². The summed E-state index contributed by atoms with van der Waals surface area (Å²) < 4.78 is 10.5. The highest BCUT2D eigenvalue weighted by atomic mass is 35.5. The van der Waals surface area contributed by atoms with Gasteiger partial charge in [-0.15, -0.1) is 0 Å². The van der Waals surface area contributed by atoms with Gasteiger partial charge in [0.25, 0.3) is 5.91 Å². The molecule has 2 rings (SSSR count). The Balaban J connectivity index is 1.60. The first-order chi connectivity index (χ1) is 9.75. The Hall–Kier alpha value is -1.85. The molecule has 0 spiro atoms. The molecule has 0 fully saturated rings. The number of carbonyl (C=O) groups is 1. The van der Waals surface area contributed by atoms with Crippen LogP contribution < -0.4 is 5.32 Å². The number of rotatable bonds is 7. The van der Waals surface area contributed by atoms with E-state index >= 15 is 0 Å². The van der Waals surface area contributed by atoms with Crippen LogP contribution in [0.5, 0.6) is 0 Å². The van der Waals surface area contributed by atoms with E-state index in [2.05, 4.69) is 10.3 Å². The first-order valence-electron chi connectivity index (χ1n) is 6.25. The summed E-state index contributed by atoms with van der Waals surface area (Å²) >= 11 is 5.79. The van der Waals surface area contributed by atoms with Gasteiger partial charge in [-0.3, -0.25) is 9.78 Å². The van der Waals surface area contributed by atoms with Crippen LogP contribution in [0.15, 0.2) is 41.1 Å². The molecule has 2 heterocycles. The van der Waals surface area contributed by atoms with Gasteiger partial charge in [0, 0.05) is 24.4 Å². The van der Waals surface area contributed by atoms with E-state index < -0.39 is 0 Å². The quantitative estimate of drug-likeness (QED) is 0.797. The van der Waals surface area contributed by atoms with Gasteiger partial charge in [0.05, 0.1) is 6.26 Å². The highest BCUT2D eigenvalue weighted by Gasteiger charge is 2.06. The molecule has 0 aliphatic rings. The SMILES string of the molecule is O=C(NCCCOCc1ccco1)c1cc(Cl)ccn1. The summed E-state index contributed by atoms with van der Waals surface area (Å²) in [5.74, 6) is 0.552. The van der Waals surface area contributed by atoms with E-state index in [0.29, 0.717) is 36.9 Å². The van der Waals surface area contributed by atoms with Crippen LogP contribution in [-0.4, -0.2) is 24.0 Å². The van der Waals surface area contributed by atoms with E-state index in [1.54, 1.807) is 12.3 Å². The topological polar surface area (TPSA) is 64.4 Å². The number of ether oxygens (including phenoxy) is 1. The van der Waals surface area contributed by atoms with E-state index in [0.717, 1.165) is 5.76 Å². The highest BCUT2D eigenvalue weighted by Crippen LogP contribution is 2.07. The Morgan fingerprint density at radius 1 is 1.45 bits per heavy atom. The van der Waals surface area contributed by atoms with Crippen molar-refractivity contribution in [2.75, 3.05) is 13.2 Å². The molecule has 1 amide bonds. The predicted molar refractivity (Wildman–Crippen MR) is 74.6 cm³/mol. The summed E-state index contributed by atoms with van der Waals surface area (Å²) in [6.07, 6.45) is 3.83. The molecule has 2 aromatic rings. The van der Waals surface area contributed by atoms with Gasteiger partial charge in [-0.2, -0.15) is 0 Å². The van der Waals surface area contributed by atoms with Crippen LogP contribution in [0.25, 0.3) is 0 Å². The molecule has 0 unspecified atom stereocenters. The summed E-state index contributed by atoms with van der Waals surface area (Å²) in [5, 5.41) is 3.25. The van der Waals surface area contributed by atoms with Crippen molar-refractivity contribution in [2.24, 2.45) is 0 Å². The van der Waals surface area contributed by atoms with Gasteiger partial charge in [-0.05, 0) is 30.7 Å². The van der Waals surface area contributed by atoms with E-state index in [1.165, 1.54) is 12.3 Å². The summed E-state index contributed by atoms with van der Waals surface area (Å²) in [6, 6.07) is 6.83. The maximum atomic E-state index is 11.7. The van der Waals surface area contributed by atoms with Crippen molar-refractivity contribution in [2.45, 2.75) is 13.0 Å². The molecule has 0 radical (unpaired) electrons. The number of aromatic nitrogens is 1. The number of amides is 1. The van der Waals surface area contributed by atoms with Gasteiger partial charge < -0.3 is 14.5 Å². The first kappa shape index (κ1) is 14.6. The molecule has 0 aromatic carbocycles. The lowest BCUT2D eigenvalue weighted by Gasteiger charge is -2.05. The number of pyridine rings is 1. The molecule has 5 nitrogen and oxygen atoms in total. The lowest BCUT2D eigenvalue weighted by atomic mass is 10.3. The van der Waals surface area contributed by atoms with E-state index in [-0.39, 0.29) is 5.91 Å². The molecule has 6 heteroatoms. The Bertz CT molecular complexity index is 543. The molecular weight excluding hydrogens is 280 g/mol. The van der Waals surface area contributed by atoms with Crippen molar-refractivity contribution in [3.63, 3.8) is 0 Å². The minimum absolute atomic E-state index is 0.237. The van der Waals surface area contributed by atoms with Crippen LogP contribution in [-0.2, 0) is 11.3 Å². The average molecular weight is 295 g/mol. The van der Waals surface area contributed by atoms with Gasteiger partial charge in [-0.25, -0.2) is 0 Å². The molecule has 106 valence electrons. The van der Waals surface area contributed by atoms with E-state index in [9.17, 15) is 4.79 Å². The summed E-state index contributed by atoms with van der Waals surface area (Å²) in [7, 11) is 0. The monoisotopic (exact) mass is 294 g/mol. The van der Waals surface area contributed by atoms with Gasteiger partial charge in [0.15, 0.2) is 0 Å². The fourth-order valence-corrected chi connectivity index (χ4v) is 1.72. The number of nitrogens with one attached hydrogen (secondary N) is 1. The molecule has 0 aliphatic carbocycles. The van der Waals surface area contributed by atoms with Crippen molar-refractivity contribution in [3.05, 3.63) is 53.2 Å². The third-order valence-corrected chi connectivity index (χ3v) is 2.77. The summed E-state index contributed by atoms with van der Waals surface area (Å²) in [4.78, 5) is 15.7. The van der Waals surface area contributed by atoms with Crippen molar-refractivity contribution < 1.29 is 13.9 Å². The number of halogens is 1. The number of furan rings is 1. The number of carbonyl (C=O) groups excluding carboxylic acids is 1. The smallest absolute Gasteiger partial charge is 0.269 e. The summed E-state index contributed by atoms with van der Waals surface area (Å²) in [6.45, 7) is 1.51. The zero-order valence-corrected chi connectivity index (χ0v) is 11.6. The van der Waals surface area contributed by atoms with Gasteiger partial charge in [0.2, 0.25) is 0 Å². The largest absolute Gasteiger partial charge is 0.467 e. The zero-order valence-electron chi connectivity index (χ0n) is 10.8. The second kappa shape index (κ2) is 7.67. The summed E-state index contributed by atoms with van der Waals surface area (Å²) in [5.41, 5.74) is 0.314. The van der Waals surface area contributed by atoms with Crippen LogP contribution in [0.3, 0.4) is 0 Å². The average Bonchev–Trinajstić information content (AvgIpc) is 2.95. The Labute approximate surface area is 121 Å². The molecular formula is C14H15ClN2O3. The third-order valence-electron chi connectivity index (χ3n) is 2.53. The standard InChI is InChI=1S/C14H15ClN2O3/c15-11-4-6-16-13(9-11)14(18)17-5-2-7-19-10-12-3-1-8-20-12/h1,3-4,6,8-9H,2,5,7,10H2,(H,17,18). The highest BCUT2D eigenvalue weighted by molar-refractivity contribution is 6.30. The molecule has 2 aromatic heterocycles. The first-order valence-corrected chi connectivity index (χ1v) is 6.63. The van der Waals surface area contributed by atoms with Gasteiger partial charge >= 0.3 is 0 Å². The zero-order chi connectivity index (χ0) is 14.2. The molecule has 0 bridgehead atoms. The fourth-order valence-electron chi connectivity index (χ4n) is 1.56. The van der Waals surface area contributed by atoms with E-state index in [1.807, 2.05) is 12.1 Å². The maximum absolute atomic E-state index is 11.7. The lowest BCUT2D eigenvalue weighted by Crippen LogP contribution is -2.26. The second-order valence-corrected chi connectivity index (χ2v) is 4.54. The molecule has 0 aliphatic heterocycles. The van der Waals surface area contributed by atoms with Crippen LogP contribution in [0.1, 0.15) is 22.7 Å². The third kappa shape index (κ3) is 4.68. The van der Waals surface area contributed by atoms with Crippen LogP contribution in [0, 0.1) is 0 Å². The fraction of sp³-hybridized carbons (Fsp3) is 0.286. The van der Waals surface area contributed by atoms with Crippen LogP contribution >= 0.6 is 11.6 Å². The van der Waals surface area contributed by atoms with Gasteiger partial charge in [-0.1, -0.05) is 11.6 Å². The number of hydrogen-bond donors (Lipinski definition) is 1. The Kier molecular flexibility index (Phi) is 5.58.